The quantitative estimate of drug-likeness (QED) is 0.152. The van der Waals surface area contributed by atoms with Crippen LogP contribution >= 0.6 is 0 Å². The van der Waals surface area contributed by atoms with Crippen molar-refractivity contribution in [2.24, 2.45) is 11.3 Å². The summed E-state index contributed by atoms with van der Waals surface area (Å²) < 4.78 is 0. The highest BCUT2D eigenvalue weighted by atomic mass is 16.4. The Morgan fingerprint density at radius 1 is 0.613 bits per heavy atom. The normalized spacial score (nSPS) is 14.5. The van der Waals surface area contributed by atoms with E-state index in [0.29, 0.717) is 5.92 Å². The third-order valence-corrected chi connectivity index (χ3v) is 7.27. The first-order valence-corrected chi connectivity index (χ1v) is 14.2. The maximum Gasteiger partial charge on any atom is 0.309 e. The van der Waals surface area contributed by atoms with Crippen molar-refractivity contribution in [2.75, 3.05) is 0 Å². The van der Waals surface area contributed by atoms with E-state index >= 15 is 0 Å². The van der Waals surface area contributed by atoms with E-state index in [1.54, 1.807) is 0 Å². The van der Waals surface area contributed by atoms with Gasteiger partial charge in [-0.3, -0.25) is 4.79 Å². The number of unbranched alkanes of at least 4 members (excludes halogenated alkanes) is 15. The van der Waals surface area contributed by atoms with Crippen LogP contribution in [0.1, 0.15) is 169 Å². The number of rotatable bonds is 24. The first kappa shape index (κ1) is 30.5. The van der Waals surface area contributed by atoms with E-state index in [-0.39, 0.29) is 0 Å². The average Bonchev–Trinajstić information content (AvgIpc) is 2.74. The van der Waals surface area contributed by atoms with Gasteiger partial charge < -0.3 is 5.11 Å². The fourth-order valence-corrected chi connectivity index (χ4v) is 5.00. The van der Waals surface area contributed by atoms with Gasteiger partial charge in [0.15, 0.2) is 0 Å². The van der Waals surface area contributed by atoms with E-state index in [1.807, 2.05) is 6.92 Å². The molecule has 0 aromatic carbocycles. The van der Waals surface area contributed by atoms with Gasteiger partial charge in [0.25, 0.3) is 0 Å². The molecule has 2 atom stereocenters. The van der Waals surface area contributed by atoms with Crippen molar-refractivity contribution in [1.82, 2.24) is 0 Å². The molecular weight excluding hydrogens is 380 g/mol. The van der Waals surface area contributed by atoms with Crippen LogP contribution in [0, 0.1) is 11.3 Å². The minimum absolute atomic E-state index is 0.525. The average molecular weight is 439 g/mol. The monoisotopic (exact) mass is 438 g/mol. The Hall–Kier alpha value is -0.530. The Morgan fingerprint density at radius 3 is 1.42 bits per heavy atom. The van der Waals surface area contributed by atoms with Gasteiger partial charge in [-0.15, -0.1) is 0 Å². The van der Waals surface area contributed by atoms with Crippen LogP contribution in [0.15, 0.2) is 0 Å². The Balaban J connectivity index is 4.15. The predicted molar refractivity (Wildman–Crippen MR) is 138 cm³/mol. The second-order valence-electron chi connectivity index (χ2n) is 10.6. The van der Waals surface area contributed by atoms with Crippen molar-refractivity contribution in [2.45, 2.75) is 169 Å². The Kier molecular flexibility index (Phi) is 21.0. The highest BCUT2D eigenvalue weighted by Gasteiger charge is 2.34. The molecule has 31 heavy (non-hydrogen) atoms. The number of carboxylic acid groups (broad SMARTS) is 1. The largest absolute Gasteiger partial charge is 0.481 e. The summed E-state index contributed by atoms with van der Waals surface area (Å²) in [5, 5.41) is 9.93. The lowest BCUT2D eigenvalue weighted by Crippen LogP contribution is -2.30. The lowest BCUT2D eigenvalue weighted by Gasteiger charge is -2.30. The van der Waals surface area contributed by atoms with Gasteiger partial charge in [-0.1, -0.05) is 149 Å². The molecule has 0 aromatic rings. The molecule has 0 radical (unpaired) electrons. The van der Waals surface area contributed by atoms with E-state index in [2.05, 4.69) is 20.8 Å². The van der Waals surface area contributed by atoms with Crippen LogP contribution in [0.3, 0.4) is 0 Å². The van der Waals surface area contributed by atoms with Crippen molar-refractivity contribution in [3.63, 3.8) is 0 Å². The molecular formula is C29H58O2. The highest BCUT2D eigenvalue weighted by molar-refractivity contribution is 5.74. The molecule has 0 rings (SSSR count). The number of hydrogen-bond donors (Lipinski definition) is 1. The highest BCUT2D eigenvalue weighted by Crippen LogP contribution is 2.36. The lowest BCUT2D eigenvalue weighted by atomic mass is 9.74. The first-order valence-electron chi connectivity index (χ1n) is 14.2. The maximum absolute atomic E-state index is 12.1. The fraction of sp³-hybridized carbons (Fsp3) is 0.966. The summed E-state index contributed by atoms with van der Waals surface area (Å²) in [6.45, 7) is 8.75. The minimum atomic E-state index is -0.571. The Bertz CT molecular complexity index is 392. The molecule has 1 N–H and O–H groups in total. The molecule has 0 bridgehead atoms. The lowest BCUT2D eigenvalue weighted by molar-refractivity contribution is -0.149. The third-order valence-electron chi connectivity index (χ3n) is 7.27. The van der Waals surface area contributed by atoms with Gasteiger partial charge in [0.2, 0.25) is 0 Å². The standard InChI is InChI=1S/C29H58O2/c1-5-8-11-12-13-14-15-16-17-18-19-21-24-27(23-20-9-6-2)26-29(4,28(30)31)25-22-10-7-3/h27H,5-26H2,1-4H3,(H,30,31). The Morgan fingerprint density at radius 2 is 0.968 bits per heavy atom. The summed E-state index contributed by atoms with van der Waals surface area (Å²) >= 11 is 0. The van der Waals surface area contributed by atoms with E-state index in [0.717, 1.165) is 32.1 Å². The van der Waals surface area contributed by atoms with Crippen molar-refractivity contribution in [3.05, 3.63) is 0 Å². The van der Waals surface area contributed by atoms with Crippen LogP contribution in [0.25, 0.3) is 0 Å². The van der Waals surface area contributed by atoms with Crippen molar-refractivity contribution in [3.8, 4) is 0 Å². The molecule has 0 aliphatic heterocycles. The van der Waals surface area contributed by atoms with Crippen LogP contribution in [-0.2, 0) is 4.79 Å². The van der Waals surface area contributed by atoms with Crippen molar-refractivity contribution in [1.29, 1.82) is 0 Å². The predicted octanol–water partition coefficient (Wildman–Crippen LogP) is 10.3. The van der Waals surface area contributed by atoms with E-state index in [4.69, 9.17) is 0 Å². The van der Waals surface area contributed by atoms with Crippen LogP contribution in [0.5, 0.6) is 0 Å². The zero-order valence-electron chi connectivity index (χ0n) is 22.0. The molecule has 0 fully saturated rings. The van der Waals surface area contributed by atoms with Crippen molar-refractivity contribution >= 4 is 5.97 Å². The Labute approximate surface area is 196 Å². The summed E-state index contributed by atoms with van der Waals surface area (Å²) in [5.74, 6) is 0.0242. The number of aliphatic carboxylic acids is 1. The van der Waals surface area contributed by atoms with Crippen LogP contribution in [0.4, 0.5) is 0 Å². The number of hydrogen-bond acceptors (Lipinski definition) is 1. The van der Waals surface area contributed by atoms with Gasteiger partial charge in [-0.25, -0.2) is 0 Å². The molecule has 2 unspecified atom stereocenters. The van der Waals surface area contributed by atoms with E-state index in [9.17, 15) is 9.90 Å². The first-order chi connectivity index (χ1) is 15.0. The van der Waals surface area contributed by atoms with Gasteiger partial charge in [0.05, 0.1) is 5.41 Å². The van der Waals surface area contributed by atoms with Crippen LogP contribution in [-0.4, -0.2) is 11.1 Å². The smallest absolute Gasteiger partial charge is 0.309 e. The van der Waals surface area contributed by atoms with Gasteiger partial charge in [0.1, 0.15) is 0 Å². The molecule has 0 aliphatic rings. The van der Waals surface area contributed by atoms with Gasteiger partial charge in [-0.2, -0.15) is 0 Å². The van der Waals surface area contributed by atoms with Crippen molar-refractivity contribution < 1.29 is 9.90 Å². The molecule has 0 saturated carbocycles. The molecule has 0 amide bonds. The molecule has 186 valence electrons. The molecule has 0 aliphatic carbocycles. The molecule has 0 saturated heterocycles. The fourth-order valence-electron chi connectivity index (χ4n) is 5.00. The number of carboxylic acids is 1. The van der Waals surface area contributed by atoms with E-state index < -0.39 is 11.4 Å². The number of carbonyl (C=O) groups is 1. The third kappa shape index (κ3) is 17.7. The summed E-state index contributed by atoms with van der Waals surface area (Å²) in [6.07, 6.45) is 28.0. The summed E-state index contributed by atoms with van der Waals surface area (Å²) in [4.78, 5) is 12.1. The van der Waals surface area contributed by atoms with Crippen LogP contribution in [0.2, 0.25) is 0 Å². The minimum Gasteiger partial charge on any atom is -0.481 e. The zero-order chi connectivity index (χ0) is 23.2. The summed E-state index contributed by atoms with van der Waals surface area (Å²) in [5.41, 5.74) is -0.525. The second kappa shape index (κ2) is 21.3. The van der Waals surface area contributed by atoms with Gasteiger partial charge >= 0.3 is 5.97 Å². The molecule has 0 spiro atoms. The maximum atomic E-state index is 12.1. The molecule has 0 heterocycles. The van der Waals surface area contributed by atoms with Crippen LogP contribution < -0.4 is 0 Å². The zero-order valence-corrected chi connectivity index (χ0v) is 22.0. The topological polar surface area (TPSA) is 37.3 Å². The molecule has 2 heteroatoms. The second-order valence-corrected chi connectivity index (χ2v) is 10.6. The molecule has 2 nitrogen and oxygen atoms in total. The van der Waals surface area contributed by atoms with E-state index in [1.165, 1.54) is 109 Å². The SMILES string of the molecule is CCCCCCCCCCCCCCC(CCCCC)CC(C)(CCCCC)C(=O)O. The van der Waals surface area contributed by atoms with Gasteiger partial charge in [-0.05, 0) is 25.7 Å². The van der Waals surface area contributed by atoms with Gasteiger partial charge in [0, 0.05) is 0 Å². The summed E-state index contributed by atoms with van der Waals surface area (Å²) in [7, 11) is 0. The summed E-state index contributed by atoms with van der Waals surface area (Å²) in [6, 6.07) is 0. The molecule has 0 aromatic heterocycles.